The van der Waals surface area contributed by atoms with E-state index in [2.05, 4.69) is 27.8 Å². The SMILES string of the molecule is CCCCC(CN)Nc1nnnn1C. The van der Waals surface area contributed by atoms with Crippen LogP contribution in [0.15, 0.2) is 0 Å². The van der Waals surface area contributed by atoms with Crippen LogP contribution >= 0.6 is 0 Å². The minimum Gasteiger partial charge on any atom is -0.349 e. The number of rotatable bonds is 6. The van der Waals surface area contributed by atoms with E-state index in [1.807, 2.05) is 0 Å². The summed E-state index contributed by atoms with van der Waals surface area (Å²) in [6.45, 7) is 2.77. The lowest BCUT2D eigenvalue weighted by molar-refractivity contribution is 0.603. The van der Waals surface area contributed by atoms with E-state index in [-0.39, 0.29) is 6.04 Å². The van der Waals surface area contributed by atoms with Gasteiger partial charge in [-0.05, 0) is 16.8 Å². The molecule has 1 rings (SSSR count). The number of nitrogens with zero attached hydrogens (tertiary/aromatic N) is 4. The van der Waals surface area contributed by atoms with E-state index >= 15 is 0 Å². The fourth-order valence-corrected chi connectivity index (χ4v) is 1.23. The van der Waals surface area contributed by atoms with Gasteiger partial charge in [0.2, 0.25) is 5.95 Å². The van der Waals surface area contributed by atoms with Crippen molar-refractivity contribution in [2.45, 2.75) is 32.2 Å². The van der Waals surface area contributed by atoms with E-state index in [1.54, 1.807) is 11.7 Å². The molecule has 0 bridgehead atoms. The Morgan fingerprint density at radius 3 is 2.86 bits per heavy atom. The lowest BCUT2D eigenvalue weighted by atomic mass is 10.1. The summed E-state index contributed by atoms with van der Waals surface area (Å²) in [5.74, 6) is 0.677. The van der Waals surface area contributed by atoms with Crippen molar-refractivity contribution in [3.05, 3.63) is 0 Å². The van der Waals surface area contributed by atoms with Gasteiger partial charge in [0.1, 0.15) is 0 Å². The molecule has 0 aliphatic carbocycles. The molecule has 6 nitrogen and oxygen atoms in total. The first-order valence-electron chi connectivity index (χ1n) is 4.96. The maximum atomic E-state index is 5.64. The fraction of sp³-hybridized carbons (Fsp3) is 0.875. The van der Waals surface area contributed by atoms with E-state index < -0.39 is 0 Å². The first kappa shape index (κ1) is 10.9. The van der Waals surface area contributed by atoms with Gasteiger partial charge in [-0.1, -0.05) is 24.9 Å². The molecule has 3 N–H and O–H groups in total. The van der Waals surface area contributed by atoms with Crippen molar-refractivity contribution < 1.29 is 0 Å². The molecule has 0 aliphatic rings. The van der Waals surface area contributed by atoms with Crippen molar-refractivity contribution in [3.8, 4) is 0 Å². The lowest BCUT2D eigenvalue weighted by Crippen LogP contribution is -2.30. The summed E-state index contributed by atoms with van der Waals surface area (Å²) in [6.07, 6.45) is 3.40. The Labute approximate surface area is 83.9 Å². The molecule has 1 unspecified atom stereocenters. The first-order chi connectivity index (χ1) is 6.77. The third-order valence-corrected chi connectivity index (χ3v) is 2.14. The zero-order valence-electron chi connectivity index (χ0n) is 8.77. The van der Waals surface area contributed by atoms with Crippen LogP contribution in [0, 0.1) is 0 Å². The fourth-order valence-electron chi connectivity index (χ4n) is 1.23. The zero-order chi connectivity index (χ0) is 10.4. The molecular formula is C8H18N6. The minimum absolute atomic E-state index is 0.264. The number of anilines is 1. The van der Waals surface area contributed by atoms with Crippen LogP contribution in [0.3, 0.4) is 0 Å². The van der Waals surface area contributed by atoms with E-state index in [9.17, 15) is 0 Å². The molecule has 0 aliphatic heterocycles. The smallest absolute Gasteiger partial charge is 0.242 e. The molecule has 0 spiro atoms. The van der Waals surface area contributed by atoms with Gasteiger partial charge >= 0.3 is 0 Å². The molecule has 80 valence electrons. The number of nitrogens with two attached hydrogens (primary N) is 1. The molecule has 1 heterocycles. The molecule has 1 atom stereocenters. The van der Waals surface area contributed by atoms with Crippen LogP contribution in [0.2, 0.25) is 0 Å². The number of unbranched alkanes of at least 4 members (excludes halogenated alkanes) is 1. The van der Waals surface area contributed by atoms with E-state index in [1.165, 1.54) is 12.8 Å². The molecule has 0 radical (unpaired) electrons. The van der Waals surface area contributed by atoms with Gasteiger partial charge < -0.3 is 11.1 Å². The molecule has 6 heteroatoms. The number of aryl methyl sites for hydroxylation is 1. The van der Waals surface area contributed by atoms with Crippen molar-refractivity contribution >= 4 is 5.95 Å². The molecule has 1 aromatic heterocycles. The van der Waals surface area contributed by atoms with Gasteiger partial charge in [-0.2, -0.15) is 0 Å². The van der Waals surface area contributed by atoms with E-state index in [4.69, 9.17) is 5.73 Å². The average molecular weight is 198 g/mol. The first-order valence-corrected chi connectivity index (χ1v) is 4.96. The number of aromatic nitrogens is 4. The van der Waals surface area contributed by atoms with Crippen molar-refractivity contribution in [2.24, 2.45) is 12.8 Å². The summed E-state index contributed by atoms with van der Waals surface area (Å²) < 4.78 is 1.61. The maximum Gasteiger partial charge on any atom is 0.242 e. The van der Waals surface area contributed by atoms with Crippen molar-refractivity contribution in [1.29, 1.82) is 0 Å². The second-order valence-corrected chi connectivity index (χ2v) is 3.35. The predicted octanol–water partition coefficient (Wildman–Crippen LogP) is 0.139. The van der Waals surface area contributed by atoms with Crippen LogP contribution in [0.5, 0.6) is 0 Å². The monoisotopic (exact) mass is 198 g/mol. The highest BCUT2D eigenvalue weighted by Gasteiger charge is 2.09. The standard InChI is InChI=1S/C8H18N6/c1-3-4-5-7(6-9)10-8-11-12-13-14(8)2/h7H,3-6,9H2,1-2H3,(H,10,11,13). The summed E-state index contributed by atoms with van der Waals surface area (Å²) in [7, 11) is 1.80. The summed E-state index contributed by atoms with van der Waals surface area (Å²) in [5.41, 5.74) is 5.64. The summed E-state index contributed by atoms with van der Waals surface area (Å²) in [4.78, 5) is 0. The largest absolute Gasteiger partial charge is 0.349 e. The molecule has 0 amide bonds. The molecular weight excluding hydrogens is 180 g/mol. The molecule has 0 saturated heterocycles. The van der Waals surface area contributed by atoms with Crippen molar-refractivity contribution in [2.75, 3.05) is 11.9 Å². The van der Waals surface area contributed by atoms with Crippen LogP contribution < -0.4 is 11.1 Å². The maximum absolute atomic E-state index is 5.64. The number of hydrogen-bond acceptors (Lipinski definition) is 5. The topological polar surface area (TPSA) is 81.7 Å². The van der Waals surface area contributed by atoms with Crippen LogP contribution in [0.1, 0.15) is 26.2 Å². The van der Waals surface area contributed by atoms with Gasteiger partial charge in [0.25, 0.3) is 0 Å². The highest BCUT2D eigenvalue weighted by Crippen LogP contribution is 2.05. The average Bonchev–Trinajstić information content (AvgIpc) is 2.59. The van der Waals surface area contributed by atoms with Gasteiger partial charge in [0, 0.05) is 19.6 Å². The number of nitrogens with one attached hydrogen (secondary N) is 1. The second-order valence-electron chi connectivity index (χ2n) is 3.35. The lowest BCUT2D eigenvalue weighted by Gasteiger charge is -2.15. The number of hydrogen-bond donors (Lipinski definition) is 2. The zero-order valence-corrected chi connectivity index (χ0v) is 8.77. The summed E-state index contributed by atoms with van der Waals surface area (Å²) >= 11 is 0. The summed E-state index contributed by atoms with van der Waals surface area (Å²) in [5, 5.41) is 14.3. The van der Waals surface area contributed by atoms with Crippen LogP contribution in [0.4, 0.5) is 5.95 Å². The third-order valence-electron chi connectivity index (χ3n) is 2.14. The molecule has 0 aromatic carbocycles. The quantitative estimate of drug-likeness (QED) is 0.679. The van der Waals surface area contributed by atoms with Gasteiger partial charge in [0.15, 0.2) is 0 Å². The molecule has 1 aromatic rings. The second kappa shape index (κ2) is 5.54. The Morgan fingerprint density at radius 1 is 1.57 bits per heavy atom. The Hall–Kier alpha value is -1.17. The Bertz CT molecular complexity index is 258. The Kier molecular flexibility index (Phi) is 4.31. The highest BCUT2D eigenvalue weighted by atomic mass is 15.6. The summed E-state index contributed by atoms with van der Waals surface area (Å²) in [6, 6.07) is 0.264. The Balaban J connectivity index is 2.44. The third kappa shape index (κ3) is 2.95. The van der Waals surface area contributed by atoms with Gasteiger partial charge in [0.05, 0.1) is 0 Å². The predicted molar refractivity (Wildman–Crippen MR) is 54.8 cm³/mol. The Morgan fingerprint density at radius 2 is 2.36 bits per heavy atom. The van der Waals surface area contributed by atoms with Crippen LogP contribution in [-0.4, -0.2) is 32.8 Å². The minimum atomic E-state index is 0.264. The van der Waals surface area contributed by atoms with E-state index in [0.717, 1.165) is 6.42 Å². The van der Waals surface area contributed by atoms with E-state index in [0.29, 0.717) is 12.5 Å². The van der Waals surface area contributed by atoms with Gasteiger partial charge in [-0.25, -0.2) is 4.68 Å². The van der Waals surface area contributed by atoms with Crippen molar-refractivity contribution in [3.63, 3.8) is 0 Å². The van der Waals surface area contributed by atoms with Gasteiger partial charge in [-0.15, -0.1) is 0 Å². The normalized spacial score (nSPS) is 12.8. The molecule has 0 saturated carbocycles. The van der Waals surface area contributed by atoms with Crippen molar-refractivity contribution in [1.82, 2.24) is 20.2 Å². The van der Waals surface area contributed by atoms with Gasteiger partial charge in [-0.3, -0.25) is 0 Å². The van der Waals surface area contributed by atoms with Crippen LogP contribution in [-0.2, 0) is 7.05 Å². The highest BCUT2D eigenvalue weighted by molar-refractivity contribution is 5.23. The van der Waals surface area contributed by atoms with Crippen LogP contribution in [0.25, 0.3) is 0 Å². The molecule has 14 heavy (non-hydrogen) atoms. The molecule has 0 fully saturated rings. The number of tetrazole rings is 1.